The van der Waals surface area contributed by atoms with Gasteiger partial charge in [0.2, 0.25) is 5.91 Å². The molecule has 0 radical (unpaired) electrons. The van der Waals surface area contributed by atoms with Crippen LogP contribution in [0.3, 0.4) is 0 Å². The maximum absolute atomic E-state index is 13.6. The van der Waals surface area contributed by atoms with Crippen molar-refractivity contribution in [3.63, 3.8) is 0 Å². The molecule has 3 N–H and O–H groups in total. The number of nitrogens with zero attached hydrogens (tertiary/aromatic N) is 1. The molecule has 8 heteroatoms. The number of nitrogens with one attached hydrogen (secondary N) is 2. The van der Waals surface area contributed by atoms with E-state index in [-0.39, 0.29) is 30.9 Å². The van der Waals surface area contributed by atoms with Crippen LogP contribution in [0.15, 0.2) is 78.9 Å². The zero-order valence-electron chi connectivity index (χ0n) is 23.3. The number of ether oxygens (including phenoxy) is 1. The number of alkyl carbamates (subject to hydrolysis) is 1. The number of rotatable bonds is 10. The smallest absolute Gasteiger partial charge is 0.408 e. The van der Waals surface area contributed by atoms with Crippen molar-refractivity contribution in [3.8, 4) is 11.1 Å². The average Bonchev–Trinajstić information content (AvgIpc) is 3.30. The number of benzene rings is 3. The molecule has 1 fully saturated rings. The maximum Gasteiger partial charge on any atom is 0.408 e. The second-order valence-corrected chi connectivity index (χ2v) is 11.1. The van der Waals surface area contributed by atoms with Crippen LogP contribution in [0.1, 0.15) is 55.2 Å². The molecule has 0 aromatic heterocycles. The fourth-order valence-corrected chi connectivity index (χ4v) is 5.95. The molecule has 1 aliphatic carbocycles. The number of likely N-dealkylation sites (tertiary alicyclic amines) is 1. The van der Waals surface area contributed by atoms with Crippen molar-refractivity contribution < 1.29 is 24.2 Å². The Hall–Kier alpha value is -4.17. The monoisotopic (exact) mass is 555 g/mol. The van der Waals surface area contributed by atoms with Crippen molar-refractivity contribution >= 4 is 18.0 Å². The van der Waals surface area contributed by atoms with E-state index in [0.717, 1.165) is 28.8 Å². The van der Waals surface area contributed by atoms with Crippen LogP contribution in [0.5, 0.6) is 0 Å². The molecule has 1 unspecified atom stereocenters. The predicted octanol–water partition coefficient (Wildman–Crippen LogP) is 4.93. The molecule has 1 aliphatic heterocycles. The molecule has 0 saturated carbocycles. The van der Waals surface area contributed by atoms with E-state index >= 15 is 0 Å². The van der Waals surface area contributed by atoms with E-state index in [2.05, 4.69) is 51.9 Å². The molecule has 1 saturated heterocycles. The van der Waals surface area contributed by atoms with Gasteiger partial charge in [0.05, 0.1) is 0 Å². The van der Waals surface area contributed by atoms with E-state index in [1.54, 1.807) is 6.92 Å². The zero-order valence-corrected chi connectivity index (χ0v) is 23.3. The fraction of sp³-hybridized carbons (Fsp3) is 0.364. The van der Waals surface area contributed by atoms with Gasteiger partial charge in [-0.3, -0.25) is 14.5 Å². The predicted molar refractivity (Wildman–Crippen MR) is 156 cm³/mol. The molecule has 214 valence electrons. The number of hydrogen-bond donors (Lipinski definition) is 3. The number of carboxylic acid groups (broad SMARTS) is 1. The van der Waals surface area contributed by atoms with Crippen LogP contribution in [-0.2, 0) is 20.9 Å². The first kappa shape index (κ1) is 28.4. The third-order valence-corrected chi connectivity index (χ3v) is 8.25. The van der Waals surface area contributed by atoms with E-state index in [1.165, 1.54) is 5.56 Å². The highest BCUT2D eigenvalue weighted by Gasteiger charge is 2.44. The van der Waals surface area contributed by atoms with Crippen molar-refractivity contribution in [3.05, 3.63) is 95.6 Å². The van der Waals surface area contributed by atoms with Crippen LogP contribution in [0, 0.1) is 0 Å². The van der Waals surface area contributed by atoms with Crippen LogP contribution in [0.2, 0.25) is 0 Å². The molecule has 0 bridgehead atoms. The largest absolute Gasteiger partial charge is 0.481 e. The van der Waals surface area contributed by atoms with Crippen molar-refractivity contribution in [1.82, 2.24) is 15.5 Å². The van der Waals surface area contributed by atoms with Crippen molar-refractivity contribution in [2.75, 3.05) is 19.7 Å². The lowest BCUT2D eigenvalue weighted by Crippen LogP contribution is -2.64. The van der Waals surface area contributed by atoms with Gasteiger partial charge in [-0.25, -0.2) is 4.79 Å². The van der Waals surface area contributed by atoms with Gasteiger partial charge in [0.25, 0.3) is 0 Å². The average molecular weight is 556 g/mol. The quantitative estimate of drug-likeness (QED) is 0.328. The molecule has 1 heterocycles. The molecule has 3 aromatic rings. The SMILES string of the molecule is CC(CCC(=O)O)NC(=O)C1(NC(=O)OCC2c3ccccc3-c3ccccc32)CCN(Cc2ccccc2)CC1. The van der Waals surface area contributed by atoms with Crippen molar-refractivity contribution in [2.24, 2.45) is 0 Å². The van der Waals surface area contributed by atoms with Gasteiger partial charge >= 0.3 is 12.1 Å². The summed E-state index contributed by atoms with van der Waals surface area (Å²) in [6.45, 7) is 3.95. The van der Waals surface area contributed by atoms with Gasteiger partial charge in [-0.2, -0.15) is 0 Å². The van der Waals surface area contributed by atoms with E-state index in [0.29, 0.717) is 32.4 Å². The number of carboxylic acids is 1. The molecule has 2 amide bonds. The Labute approximate surface area is 240 Å². The third kappa shape index (κ3) is 6.60. The van der Waals surface area contributed by atoms with Gasteiger partial charge < -0.3 is 20.5 Å². The number of aliphatic carboxylic acids is 1. The second kappa shape index (κ2) is 12.6. The van der Waals surface area contributed by atoms with E-state index in [4.69, 9.17) is 9.84 Å². The molecular weight excluding hydrogens is 518 g/mol. The summed E-state index contributed by atoms with van der Waals surface area (Å²) in [5.74, 6) is -1.29. The number of piperidine rings is 1. The standard InChI is InChI=1S/C33H37N3O5/c1-23(15-16-30(37)38)34-31(39)33(17-19-36(20-18-33)21-24-9-3-2-4-10-24)35-32(40)41-22-29-27-13-7-5-11-25(27)26-12-6-8-14-28(26)29/h2-14,23,29H,15-22H2,1H3,(H,34,39)(H,35,40)(H,37,38). The maximum atomic E-state index is 13.6. The summed E-state index contributed by atoms with van der Waals surface area (Å²) in [6, 6.07) is 26.1. The number of hydrogen-bond acceptors (Lipinski definition) is 5. The van der Waals surface area contributed by atoms with Crippen molar-refractivity contribution in [1.29, 1.82) is 0 Å². The van der Waals surface area contributed by atoms with Crippen LogP contribution in [0.4, 0.5) is 4.79 Å². The van der Waals surface area contributed by atoms with E-state index < -0.39 is 17.6 Å². The first-order valence-electron chi connectivity index (χ1n) is 14.3. The minimum atomic E-state index is -1.15. The molecule has 0 spiro atoms. The Morgan fingerprint density at radius 2 is 1.51 bits per heavy atom. The molecule has 5 rings (SSSR count). The third-order valence-electron chi connectivity index (χ3n) is 8.25. The van der Waals surface area contributed by atoms with Gasteiger partial charge in [0, 0.05) is 38.0 Å². The highest BCUT2D eigenvalue weighted by Crippen LogP contribution is 2.44. The molecule has 8 nitrogen and oxygen atoms in total. The van der Waals surface area contributed by atoms with Crippen LogP contribution in [0.25, 0.3) is 11.1 Å². The van der Waals surface area contributed by atoms with Gasteiger partial charge in [0.15, 0.2) is 0 Å². The lowest BCUT2D eigenvalue weighted by molar-refractivity contribution is -0.137. The van der Waals surface area contributed by atoms with Crippen LogP contribution < -0.4 is 10.6 Å². The van der Waals surface area contributed by atoms with Gasteiger partial charge in [0.1, 0.15) is 12.1 Å². The topological polar surface area (TPSA) is 108 Å². The number of amides is 2. The minimum Gasteiger partial charge on any atom is -0.481 e. The highest BCUT2D eigenvalue weighted by molar-refractivity contribution is 5.90. The summed E-state index contributed by atoms with van der Waals surface area (Å²) < 4.78 is 5.80. The Balaban J connectivity index is 1.26. The Kier molecular flexibility index (Phi) is 8.69. The highest BCUT2D eigenvalue weighted by atomic mass is 16.5. The minimum absolute atomic E-state index is 0.0426. The van der Waals surface area contributed by atoms with Gasteiger partial charge in [-0.05, 0) is 54.0 Å². The lowest BCUT2D eigenvalue weighted by atomic mass is 9.86. The Bertz CT molecular complexity index is 1340. The summed E-state index contributed by atoms with van der Waals surface area (Å²) in [7, 11) is 0. The fourth-order valence-electron chi connectivity index (χ4n) is 5.95. The van der Waals surface area contributed by atoms with Gasteiger partial charge in [-0.1, -0.05) is 78.9 Å². The summed E-state index contributed by atoms with van der Waals surface area (Å²) in [6.07, 6.45) is 0.474. The van der Waals surface area contributed by atoms with Crippen molar-refractivity contribution in [2.45, 2.75) is 56.7 Å². The zero-order chi connectivity index (χ0) is 28.8. The summed E-state index contributed by atoms with van der Waals surface area (Å²) >= 11 is 0. The van der Waals surface area contributed by atoms with E-state index in [9.17, 15) is 14.4 Å². The molecule has 2 aliphatic rings. The number of fused-ring (bicyclic) bond motifs is 3. The first-order chi connectivity index (χ1) is 19.8. The summed E-state index contributed by atoms with van der Waals surface area (Å²) in [5, 5.41) is 14.9. The normalized spacial score (nSPS) is 16.7. The molecule has 41 heavy (non-hydrogen) atoms. The molecule has 1 atom stereocenters. The lowest BCUT2D eigenvalue weighted by Gasteiger charge is -2.41. The summed E-state index contributed by atoms with van der Waals surface area (Å²) in [4.78, 5) is 40.2. The molecular formula is C33H37N3O5. The Morgan fingerprint density at radius 3 is 2.12 bits per heavy atom. The van der Waals surface area contributed by atoms with Gasteiger partial charge in [-0.15, -0.1) is 0 Å². The van der Waals surface area contributed by atoms with Crippen LogP contribution >= 0.6 is 0 Å². The summed E-state index contributed by atoms with van der Waals surface area (Å²) in [5.41, 5.74) is 4.58. The molecule has 3 aromatic carbocycles. The van der Waals surface area contributed by atoms with E-state index in [1.807, 2.05) is 42.5 Å². The first-order valence-corrected chi connectivity index (χ1v) is 14.3. The number of carbonyl (C=O) groups excluding carboxylic acids is 2. The van der Waals surface area contributed by atoms with Crippen LogP contribution in [-0.4, -0.2) is 59.3 Å². The Morgan fingerprint density at radius 1 is 0.927 bits per heavy atom. The second-order valence-electron chi connectivity index (χ2n) is 11.1. The number of carbonyl (C=O) groups is 3.